The summed E-state index contributed by atoms with van der Waals surface area (Å²) in [5.41, 5.74) is 1.07. The molecular weight excluding hydrogens is 175 g/mol. The Balaban J connectivity index is 3.07. The van der Waals surface area contributed by atoms with Crippen molar-refractivity contribution >= 4 is 34.5 Å². The van der Waals surface area contributed by atoms with Crippen LogP contribution in [0, 0.1) is 0 Å². The Bertz CT molecular complexity index is 185. The Morgan fingerprint density at radius 1 is 1.56 bits per heavy atom. The third kappa shape index (κ3) is 1.40. The van der Waals surface area contributed by atoms with E-state index in [-0.39, 0.29) is 0 Å². The number of hydrogen-bond donors (Lipinski definition) is 0. The number of halogens is 2. The highest BCUT2D eigenvalue weighted by Gasteiger charge is 2.03. The molecule has 0 atom stereocenters. The fraction of sp³-hybridized carbons (Fsp3) is 0.333. The molecule has 3 heteroatoms. The molecule has 0 aliphatic carbocycles. The van der Waals surface area contributed by atoms with Gasteiger partial charge in [0.2, 0.25) is 0 Å². The first-order valence-electron chi connectivity index (χ1n) is 2.67. The smallest absolute Gasteiger partial charge is 0.0975 e. The molecular formula is C6H6Cl2S. The third-order valence-corrected chi connectivity index (χ3v) is 2.91. The zero-order valence-electron chi connectivity index (χ0n) is 4.95. The second-order valence-electron chi connectivity index (χ2n) is 1.69. The van der Waals surface area contributed by atoms with E-state index in [9.17, 15) is 0 Å². The van der Waals surface area contributed by atoms with Crippen LogP contribution in [-0.2, 0) is 6.42 Å². The van der Waals surface area contributed by atoms with E-state index in [1.54, 1.807) is 0 Å². The lowest BCUT2D eigenvalue weighted by molar-refractivity contribution is 1.16. The van der Waals surface area contributed by atoms with Crippen LogP contribution < -0.4 is 0 Å². The molecule has 0 saturated carbocycles. The molecule has 1 aromatic rings. The van der Waals surface area contributed by atoms with Crippen molar-refractivity contribution in [1.82, 2.24) is 0 Å². The van der Waals surface area contributed by atoms with Gasteiger partial charge in [-0.1, -0.05) is 30.1 Å². The summed E-state index contributed by atoms with van der Waals surface area (Å²) in [6, 6.07) is 0. The number of hydrogen-bond acceptors (Lipinski definition) is 1. The summed E-state index contributed by atoms with van der Waals surface area (Å²) < 4.78 is 0.822. The van der Waals surface area contributed by atoms with Crippen LogP contribution in [0.1, 0.15) is 12.5 Å². The van der Waals surface area contributed by atoms with Crippen molar-refractivity contribution in [1.29, 1.82) is 0 Å². The number of rotatable bonds is 1. The van der Waals surface area contributed by atoms with E-state index >= 15 is 0 Å². The van der Waals surface area contributed by atoms with E-state index in [1.165, 1.54) is 11.3 Å². The van der Waals surface area contributed by atoms with Crippen LogP contribution >= 0.6 is 34.5 Å². The van der Waals surface area contributed by atoms with Gasteiger partial charge in [-0.2, -0.15) is 0 Å². The molecule has 0 bridgehead atoms. The normalized spacial score (nSPS) is 10.1. The Kier molecular flexibility index (Phi) is 2.39. The molecule has 0 saturated heterocycles. The highest BCUT2D eigenvalue weighted by Crippen LogP contribution is 2.31. The van der Waals surface area contributed by atoms with Crippen LogP contribution in [0.4, 0.5) is 0 Å². The van der Waals surface area contributed by atoms with E-state index in [0.29, 0.717) is 0 Å². The Morgan fingerprint density at radius 2 is 2.22 bits per heavy atom. The maximum absolute atomic E-state index is 5.78. The van der Waals surface area contributed by atoms with Crippen LogP contribution in [-0.4, -0.2) is 0 Å². The van der Waals surface area contributed by atoms with Crippen molar-refractivity contribution in [3.63, 3.8) is 0 Å². The summed E-state index contributed by atoms with van der Waals surface area (Å²) in [6.45, 7) is 2.04. The second-order valence-corrected chi connectivity index (χ2v) is 3.58. The SMILES string of the molecule is CCc1c(Cl)csc1Cl. The van der Waals surface area contributed by atoms with Crippen molar-refractivity contribution in [2.45, 2.75) is 13.3 Å². The fourth-order valence-corrected chi connectivity index (χ4v) is 2.23. The van der Waals surface area contributed by atoms with Gasteiger partial charge in [0.25, 0.3) is 0 Å². The summed E-state index contributed by atoms with van der Waals surface area (Å²) in [4.78, 5) is 0. The molecule has 9 heavy (non-hydrogen) atoms. The standard InChI is InChI=1S/C6H6Cl2S/c1-2-4-5(7)3-9-6(4)8/h3H,2H2,1H3. The molecule has 1 rings (SSSR count). The molecule has 1 heterocycles. The molecule has 0 radical (unpaired) electrons. The van der Waals surface area contributed by atoms with E-state index in [0.717, 1.165) is 21.3 Å². The first kappa shape index (κ1) is 7.39. The van der Waals surface area contributed by atoms with Crippen LogP contribution in [0.2, 0.25) is 9.36 Å². The lowest BCUT2D eigenvalue weighted by Gasteiger charge is -1.89. The van der Waals surface area contributed by atoms with Gasteiger partial charge in [0.15, 0.2) is 0 Å². The summed E-state index contributed by atoms with van der Waals surface area (Å²) in [6.07, 6.45) is 0.918. The average Bonchev–Trinajstić information content (AvgIpc) is 2.12. The van der Waals surface area contributed by atoms with Crippen molar-refractivity contribution in [2.75, 3.05) is 0 Å². The second kappa shape index (κ2) is 2.91. The van der Waals surface area contributed by atoms with Crippen LogP contribution in [0.15, 0.2) is 5.38 Å². The molecule has 50 valence electrons. The summed E-state index contributed by atoms with van der Waals surface area (Å²) in [5, 5.41) is 2.66. The zero-order valence-corrected chi connectivity index (χ0v) is 7.28. The van der Waals surface area contributed by atoms with Gasteiger partial charge in [-0.25, -0.2) is 0 Å². The molecule has 0 aromatic carbocycles. The topological polar surface area (TPSA) is 0 Å². The molecule has 0 fully saturated rings. The molecule has 0 nitrogen and oxygen atoms in total. The zero-order chi connectivity index (χ0) is 6.85. The lowest BCUT2D eigenvalue weighted by Crippen LogP contribution is -1.73. The van der Waals surface area contributed by atoms with Gasteiger partial charge >= 0.3 is 0 Å². The minimum Gasteiger partial charge on any atom is -0.130 e. The van der Waals surface area contributed by atoms with Gasteiger partial charge < -0.3 is 0 Å². The van der Waals surface area contributed by atoms with E-state index in [2.05, 4.69) is 0 Å². The van der Waals surface area contributed by atoms with Crippen molar-refractivity contribution in [2.24, 2.45) is 0 Å². The molecule has 0 spiro atoms. The molecule has 0 amide bonds. The van der Waals surface area contributed by atoms with Gasteiger partial charge in [-0.3, -0.25) is 0 Å². The minimum atomic E-state index is 0.799. The highest BCUT2D eigenvalue weighted by molar-refractivity contribution is 7.15. The third-order valence-electron chi connectivity index (χ3n) is 1.14. The summed E-state index contributed by atoms with van der Waals surface area (Å²) >= 11 is 13.0. The molecule has 0 N–H and O–H groups in total. The monoisotopic (exact) mass is 180 g/mol. The maximum atomic E-state index is 5.78. The largest absolute Gasteiger partial charge is 0.130 e. The Hall–Kier alpha value is 0.280. The Morgan fingerprint density at radius 3 is 2.44 bits per heavy atom. The van der Waals surface area contributed by atoms with Crippen molar-refractivity contribution in [3.05, 3.63) is 20.3 Å². The predicted octanol–water partition coefficient (Wildman–Crippen LogP) is 3.62. The minimum absolute atomic E-state index is 0.799. The van der Waals surface area contributed by atoms with Crippen LogP contribution in [0.3, 0.4) is 0 Å². The van der Waals surface area contributed by atoms with E-state index in [4.69, 9.17) is 23.2 Å². The molecule has 0 unspecified atom stereocenters. The number of thiophene rings is 1. The first-order valence-corrected chi connectivity index (χ1v) is 4.30. The van der Waals surface area contributed by atoms with E-state index < -0.39 is 0 Å². The maximum Gasteiger partial charge on any atom is 0.0975 e. The summed E-state index contributed by atoms with van der Waals surface area (Å²) in [5.74, 6) is 0. The van der Waals surface area contributed by atoms with E-state index in [1.807, 2.05) is 12.3 Å². The lowest BCUT2D eigenvalue weighted by atomic mass is 10.3. The quantitative estimate of drug-likeness (QED) is 0.620. The van der Waals surface area contributed by atoms with Crippen molar-refractivity contribution in [3.8, 4) is 0 Å². The van der Waals surface area contributed by atoms with Gasteiger partial charge in [0.1, 0.15) is 0 Å². The first-order chi connectivity index (χ1) is 4.25. The van der Waals surface area contributed by atoms with Crippen molar-refractivity contribution < 1.29 is 0 Å². The van der Waals surface area contributed by atoms with Gasteiger partial charge in [0, 0.05) is 5.38 Å². The van der Waals surface area contributed by atoms with Gasteiger partial charge in [-0.05, 0) is 12.0 Å². The fourth-order valence-electron chi connectivity index (χ4n) is 0.647. The predicted molar refractivity (Wildman–Crippen MR) is 43.7 cm³/mol. The summed E-state index contributed by atoms with van der Waals surface area (Å²) in [7, 11) is 0. The van der Waals surface area contributed by atoms with Gasteiger partial charge in [0.05, 0.1) is 9.36 Å². The highest BCUT2D eigenvalue weighted by atomic mass is 35.5. The molecule has 0 aliphatic rings. The van der Waals surface area contributed by atoms with Gasteiger partial charge in [-0.15, -0.1) is 11.3 Å². The molecule has 0 aliphatic heterocycles. The van der Waals surface area contributed by atoms with Crippen LogP contribution in [0.25, 0.3) is 0 Å². The Labute approximate surface area is 68.4 Å². The van der Waals surface area contributed by atoms with Crippen LogP contribution in [0.5, 0.6) is 0 Å². The average molecular weight is 181 g/mol. The molecule has 1 aromatic heterocycles.